The van der Waals surface area contributed by atoms with E-state index in [9.17, 15) is 4.79 Å². The molecule has 88 valence electrons. The fraction of sp³-hybridized carbons (Fsp3) is 0.909. The van der Waals surface area contributed by atoms with Crippen LogP contribution in [0.15, 0.2) is 0 Å². The van der Waals surface area contributed by atoms with Gasteiger partial charge in [-0.05, 0) is 18.8 Å². The zero-order valence-electron chi connectivity index (χ0n) is 9.78. The first-order valence-electron chi connectivity index (χ1n) is 5.80. The van der Waals surface area contributed by atoms with Gasteiger partial charge in [-0.15, -0.1) is 0 Å². The van der Waals surface area contributed by atoms with E-state index in [1.807, 2.05) is 11.8 Å². The lowest BCUT2D eigenvalue weighted by Crippen LogP contribution is -2.51. The standard InChI is InChI=1S/C11H23N3O/c1-8-3-4-14(10(5-8)7-13)11(15)9(2)6-12/h8-10H,3-7,12-13H2,1-2H3. The molecule has 15 heavy (non-hydrogen) atoms. The van der Waals surface area contributed by atoms with Crippen molar-refractivity contribution in [1.82, 2.24) is 4.90 Å². The molecule has 0 aromatic heterocycles. The molecule has 0 radical (unpaired) electrons. The number of carbonyl (C=O) groups excluding carboxylic acids is 1. The van der Waals surface area contributed by atoms with Crippen LogP contribution in [0, 0.1) is 11.8 Å². The van der Waals surface area contributed by atoms with Gasteiger partial charge in [0.05, 0.1) is 0 Å². The first kappa shape index (κ1) is 12.5. The van der Waals surface area contributed by atoms with Gasteiger partial charge in [0.15, 0.2) is 0 Å². The monoisotopic (exact) mass is 213 g/mol. The highest BCUT2D eigenvalue weighted by atomic mass is 16.2. The molecule has 3 unspecified atom stereocenters. The van der Waals surface area contributed by atoms with Gasteiger partial charge in [-0.25, -0.2) is 0 Å². The molecule has 1 rings (SSSR count). The minimum atomic E-state index is -0.0764. The molecule has 0 spiro atoms. The summed E-state index contributed by atoms with van der Waals surface area (Å²) in [6.45, 7) is 5.92. The minimum absolute atomic E-state index is 0.0764. The van der Waals surface area contributed by atoms with E-state index in [-0.39, 0.29) is 17.9 Å². The largest absolute Gasteiger partial charge is 0.338 e. The van der Waals surface area contributed by atoms with Gasteiger partial charge in [-0.2, -0.15) is 0 Å². The maximum Gasteiger partial charge on any atom is 0.226 e. The normalized spacial score (nSPS) is 28.9. The number of piperidine rings is 1. The summed E-state index contributed by atoms with van der Waals surface area (Å²) in [5, 5.41) is 0. The summed E-state index contributed by atoms with van der Waals surface area (Å²) in [5.41, 5.74) is 11.2. The van der Waals surface area contributed by atoms with Gasteiger partial charge in [0, 0.05) is 31.6 Å². The predicted octanol–water partition coefficient (Wildman–Crippen LogP) is 0.167. The summed E-state index contributed by atoms with van der Waals surface area (Å²) in [7, 11) is 0. The minimum Gasteiger partial charge on any atom is -0.338 e. The zero-order valence-corrected chi connectivity index (χ0v) is 9.78. The average Bonchev–Trinajstić information content (AvgIpc) is 2.26. The zero-order chi connectivity index (χ0) is 11.4. The van der Waals surface area contributed by atoms with Crippen LogP contribution in [-0.2, 0) is 4.79 Å². The highest BCUT2D eigenvalue weighted by Gasteiger charge is 2.30. The summed E-state index contributed by atoms with van der Waals surface area (Å²) < 4.78 is 0. The van der Waals surface area contributed by atoms with Gasteiger partial charge < -0.3 is 16.4 Å². The summed E-state index contributed by atoms with van der Waals surface area (Å²) in [6, 6.07) is 0.218. The van der Waals surface area contributed by atoms with Gasteiger partial charge in [-0.3, -0.25) is 4.79 Å². The third kappa shape index (κ3) is 2.92. The van der Waals surface area contributed by atoms with Crippen molar-refractivity contribution in [1.29, 1.82) is 0 Å². The quantitative estimate of drug-likeness (QED) is 0.702. The molecule has 0 aromatic rings. The number of nitrogens with two attached hydrogens (primary N) is 2. The Morgan fingerprint density at radius 3 is 2.73 bits per heavy atom. The summed E-state index contributed by atoms with van der Waals surface area (Å²) in [5.74, 6) is 0.767. The topological polar surface area (TPSA) is 72.3 Å². The van der Waals surface area contributed by atoms with Crippen molar-refractivity contribution in [2.24, 2.45) is 23.3 Å². The number of nitrogens with zero attached hydrogens (tertiary/aromatic N) is 1. The van der Waals surface area contributed by atoms with E-state index in [1.54, 1.807) is 0 Å². The van der Waals surface area contributed by atoms with E-state index >= 15 is 0 Å². The second kappa shape index (κ2) is 5.47. The highest BCUT2D eigenvalue weighted by molar-refractivity contribution is 5.79. The summed E-state index contributed by atoms with van der Waals surface area (Å²) in [4.78, 5) is 13.9. The molecular weight excluding hydrogens is 190 g/mol. The molecule has 0 aliphatic carbocycles. The molecule has 0 bridgehead atoms. The number of rotatable bonds is 3. The van der Waals surface area contributed by atoms with Crippen LogP contribution in [0.5, 0.6) is 0 Å². The van der Waals surface area contributed by atoms with E-state index in [0.717, 1.165) is 19.4 Å². The Kier molecular flexibility index (Phi) is 4.54. The van der Waals surface area contributed by atoms with Crippen molar-refractivity contribution in [2.75, 3.05) is 19.6 Å². The first-order chi connectivity index (χ1) is 7.10. The van der Waals surface area contributed by atoms with Crippen LogP contribution in [0.1, 0.15) is 26.7 Å². The average molecular weight is 213 g/mol. The van der Waals surface area contributed by atoms with Gasteiger partial charge in [0.1, 0.15) is 0 Å². The number of likely N-dealkylation sites (tertiary alicyclic amines) is 1. The van der Waals surface area contributed by atoms with Crippen molar-refractivity contribution in [2.45, 2.75) is 32.7 Å². The third-order valence-electron chi connectivity index (χ3n) is 3.31. The molecule has 4 heteroatoms. The second-order valence-corrected chi connectivity index (χ2v) is 4.69. The lowest BCUT2D eigenvalue weighted by atomic mass is 9.91. The van der Waals surface area contributed by atoms with E-state index in [2.05, 4.69) is 6.92 Å². The fourth-order valence-corrected chi connectivity index (χ4v) is 2.15. The van der Waals surface area contributed by atoms with Crippen LogP contribution in [0.4, 0.5) is 0 Å². The Bertz CT molecular complexity index is 220. The van der Waals surface area contributed by atoms with Gasteiger partial charge >= 0.3 is 0 Å². The van der Waals surface area contributed by atoms with Crippen molar-refractivity contribution in [3.8, 4) is 0 Å². The second-order valence-electron chi connectivity index (χ2n) is 4.69. The van der Waals surface area contributed by atoms with Crippen molar-refractivity contribution < 1.29 is 4.79 Å². The van der Waals surface area contributed by atoms with Crippen LogP contribution < -0.4 is 11.5 Å². The van der Waals surface area contributed by atoms with E-state index in [0.29, 0.717) is 19.0 Å². The molecule has 3 atom stereocenters. The van der Waals surface area contributed by atoms with Crippen LogP contribution in [0.2, 0.25) is 0 Å². The van der Waals surface area contributed by atoms with Gasteiger partial charge in [0.25, 0.3) is 0 Å². The lowest BCUT2D eigenvalue weighted by Gasteiger charge is -2.39. The molecule has 1 aliphatic rings. The molecular formula is C11H23N3O. The first-order valence-corrected chi connectivity index (χ1v) is 5.80. The molecule has 4 nitrogen and oxygen atoms in total. The maximum absolute atomic E-state index is 12.0. The van der Waals surface area contributed by atoms with Crippen LogP contribution in [0.25, 0.3) is 0 Å². The molecule has 1 heterocycles. The van der Waals surface area contributed by atoms with E-state index in [4.69, 9.17) is 11.5 Å². The molecule has 0 aromatic carbocycles. The van der Waals surface area contributed by atoms with Crippen LogP contribution >= 0.6 is 0 Å². The summed E-state index contributed by atoms with van der Waals surface area (Å²) >= 11 is 0. The van der Waals surface area contributed by atoms with Crippen molar-refractivity contribution >= 4 is 5.91 Å². The van der Waals surface area contributed by atoms with E-state index in [1.165, 1.54) is 0 Å². The SMILES string of the molecule is CC1CCN(C(=O)C(C)CN)C(CN)C1. The van der Waals surface area contributed by atoms with Crippen molar-refractivity contribution in [3.63, 3.8) is 0 Å². The number of carbonyl (C=O) groups is 1. The lowest BCUT2D eigenvalue weighted by molar-refractivity contribution is -0.138. The third-order valence-corrected chi connectivity index (χ3v) is 3.31. The molecule has 1 saturated heterocycles. The van der Waals surface area contributed by atoms with Gasteiger partial charge in [0.2, 0.25) is 5.91 Å². The Hall–Kier alpha value is -0.610. The molecule has 0 saturated carbocycles. The Morgan fingerprint density at radius 1 is 1.53 bits per heavy atom. The predicted molar refractivity (Wildman–Crippen MR) is 61.2 cm³/mol. The smallest absolute Gasteiger partial charge is 0.226 e. The highest BCUT2D eigenvalue weighted by Crippen LogP contribution is 2.23. The Labute approximate surface area is 92.0 Å². The number of hydrogen-bond donors (Lipinski definition) is 2. The van der Waals surface area contributed by atoms with E-state index < -0.39 is 0 Å². The molecule has 1 aliphatic heterocycles. The maximum atomic E-state index is 12.0. The summed E-state index contributed by atoms with van der Waals surface area (Å²) in [6.07, 6.45) is 2.11. The van der Waals surface area contributed by atoms with Crippen molar-refractivity contribution in [3.05, 3.63) is 0 Å². The van der Waals surface area contributed by atoms with Crippen LogP contribution in [0.3, 0.4) is 0 Å². The van der Waals surface area contributed by atoms with Crippen LogP contribution in [-0.4, -0.2) is 36.5 Å². The molecule has 4 N–H and O–H groups in total. The fourth-order valence-electron chi connectivity index (χ4n) is 2.15. The Balaban J connectivity index is 2.63. The number of hydrogen-bond acceptors (Lipinski definition) is 3. The number of amides is 1. The molecule has 1 amide bonds. The van der Waals surface area contributed by atoms with Gasteiger partial charge in [-0.1, -0.05) is 13.8 Å². The Morgan fingerprint density at radius 2 is 2.20 bits per heavy atom. The molecule has 1 fully saturated rings.